The number of nitrogens with one attached hydrogen (secondary N) is 1. The van der Waals surface area contributed by atoms with E-state index in [1.54, 1.807) is 30.0 Å². The van der Waals surface area contributed by atoms with E-state index in [1.165, 1.54) is 0 Å². The Morgan fingerprint density at radius 3 is 2.82 bits per heavy atom. The molecular formula is C17H15ClN2O2. The highest BCUT2D eigenvalue weighted by Crippen LogP contribution is 2.21. The third-order valence-electron chi connectivity index (χ3n) is 3.42. The van der Waals surface area contributed by atoms with E-state index in [2.05, 4.69) is 5.32 Å². The van der Waals surface area contributed by atoms with E-state index < -0.39 is 0 Å². The molecule has 112 valence electrons. The zero-order valence-electron chi connectivity index (χ0n) is 12.0. The molecule has 1 heterocycles. The van der Waals surface area contributed by atoms with E-state index in [9.17, 15) is 4.79 Å². The van der Waals surface area contributed by atoms with Crippen LogP contribution in [0.4, 0.5) is 5.69 Å². The van der Waals surface area contributed by atoms with Crippen LogP contribution in [0.25, 0.3) is 10.9 Å². The van der Waals surface area contributed by atoms with Gasteiger partial charge in [-0.25, -0.2) is 0 Å². The Hall–Kier alpha value is -2.46. The maximum absolute atomic E-state index is 12.2. The third-order valence-corrected chi connectivity index (χ3v) is 3.65. The normalized spacial score (nSPS) is 10.6. The summed E-state index contributed by atoms with van der Waals surface area (Å²) >= 11 is 5.92. The second-order valence-electron chi connectivity index (χ2n) is 4.92. The second kappa shape index (κ2) is 6.12. The predicted molar refractivity (Wildman–Crippen MR) is 88.2 cm³/mol. The van der Waals surface area contributed by atoms with Crippen molar-refractivity contribution in [3.8, 4) is 0 Å². The summed E-state index contributed by atoms with van der Waals surface area (Å²) in [6, 6.07) is 14.9. The largest absolute Gasteiger partial charge is 0.417 e. The quantitative estimate of drug-likeness (QED) is 0.800. The van der Waals surface area contributed by atoms with Gasteiger partial charge in [-0.3, -0.25) is 4.79 Å². The van der Waals surface area contributed by atoms with Crippen LogP contribution >= 0.6 is 11.6 Å². The summed E-state index contributed by atoms with van der Waals surface area (Å²) in [4.78, 5) is 17.5. The van der Waals surface area contributed by atoms with Crippen molar-refractivity contribution in [1.82, 2.24) is 4.73 Å². The molecule has 1 aromatic heterocycles. The number of amides is 1. The highest BCUT2D eigenvalue weighted by Gasteiger charge is 2.12. The van der Waals surface area contributed by atoms with Crippen LogP contribution in [-0.4, -0.2) is 17.7 Å². The van der Waals surface area contributed by atoms with E-state index in [4.69, 9.17) is 16.4 Å². The van der Waals surface area contributed by atoms with E-state index in [0.29, 0.717) is 10.7 Å². The summed E-state index contributed by atoms with van der Waals surface area (Å²) < 4.78 is 1.66. The van der Waals surface area contributed by atoms with Crippen molar-refractivity contribution in [1.29, 1.82) is 0 Å². The average molecular weight is 315 g/mol. The highest BCUT2D eigenvalue weighted by atomic mass is 35.5. The number of aromatic nitrogens is 1. The minimum absolute atomic E-state index is 0.0960. The number of para-hydroxylation sites is 1. The average Bonchev–Trinajstić information content (AvgIpc) is 2.85. The topological polar surface area (TPSA) is 43.3 Å². The van der Waals surface area contributed by atoms with Gasteiger partial charge >= 0.3 is 0 Å². The lowest BCUT2D eigenvalue weighted by Gasteiger charge is -2.05. The number of nitrogens with zero attached hydrogens (tertiary/aromatic N) is 1. The fourth-order valence-electron chi connectivity index (χ4n) is 2.45. The second-order valence-corrected chi connectivity index (χ2v) is 5.35. The van der Waals surface area contributed by atoms with Crippen LogP contribution in [0.1, 0.15) is 5.56 Å². The Morgan fingerprint density at radius 1 is 1.23 bits per heavy atom. The van der Waals surface area contributed by atoms with Crippen molar-refractivity contribution in [2.24, 2.45) is 0 Å². The number of hydrogen-bond acceptors (Lipinski definition) is 2. The van der Waals surface area contributed by atoms with Crippen LogP contribution in [0.2, 0.25) is 5.02 Å². The lowest BCUT2D eigenvalue weighted by atomic mass is 10.1. The number of carbonyl (C=O) groups excluding carboxylic acids is 1. The molecule has 0 radical (unpaired) electrons. The van der Waals surface area contributed by atoms with Crippen molar-refractivity contribution in [2.75, 3.05) is 12.4 Å². The zero-order valence-corrected chi connectivity index (χ0v) is 12.8. The number of benzene rings is 2. The fourth-order valence-corrected chi connectivity index (χ4v) is 2.64. The summed E-state index contributed by atoms with van der Waals surface area (Å²) in [5.74, 6) is -0.0960. The first-order valence-corrected chi connectivity index (χ1v) is 7.24. The Kier molecular flexibility index (Phi) is 4.02. The first kappa shape index (κ1) is 14.5. The fraction of sp³-hybridized carbons (Fsp3) is 0.118. The lowest BCUT2D eigenvalue weighted by molar-refractivity contribution is -0.115. The zero-order chi connectivity index (χ0) is 15.5. The number of carbonyl (C=O) groups is 1. The molecule has 5 heteroatoms. The summed E-state index contributed by atoms with van der Waals surface area (Å²) in [5, 5.41) is 4.45. The minimum atomic E-state index is -0.0960. The molecule has 0 fully saturated rings. The van der Waals surface area contributed by atoms with Gasteiger partial charge in [0.25, 0.3) is 0 Å². The molecule has 0 unspecified atom stereocenters. The molecule has 1 N–H and O–H groups in total. The maximum atomic E-state index is 12.2. The molecule has 0 aliphatic heterocycles. The van der Waals surface area contributed by atoms with Crippen LogP contribution in [0.3, 0.4) is 0 Å². The molecule has 0 bridgehead atoms. The Morgan fingerprint density at radius 2 is 2.05 bits per heavy atom. The number of anilines is 1. The van der Waals surface area contributed by atoms with Gasteiger partial charge in [-0.1, -0.05) is 35.9 Å². The number of hydrogen-bond donors (Lipinski definition) is 1. The first-order chi connectivity index (χ1) is 10.7. The van der Waals surface area contributed by atoms with Gasteiger partial charge in [-0.15, -0.1) is 0 Å². The van der Waals surface area contributed by atoms with Crippen molar-refractivity contribution in [2.45, 2.75) is 6.42 Å². The lowest BCUT2D eigenvalue weighted by Crippen LogP contribution is -2.14. The molecule has 22 heavy (non-hydrogen) atoms. The van der Waals surface area contributed by atoms with Crippen molar-refractivity contribution < 1.29 is 9.63 Å². The summed E-state index contributed by atoms with van der Waals surface area (Å²) in [5.41, 5.74) is 2.54. The molecule has 0 aliphatic carbocycles. The van der Waals surface area contributed by atoms with Gasteiger partial charge < -0.3 is 10.2 Å². The Balaban J connectivity index is 1.82. The molecule has 0 aliphatic rings. The van der Waals surface area contributed by atoms with Crippen LogP contribution < -0.4 is 10.2 Å². The van der Waals surface area contributed by atoms with E-state index in [0.717, 1.165) is 16.5 Å². The molecule has 3 aromatic rings. The van der Waals surface area contributed by atoms with E-state index >= 15 is 0 Å². The standard InChI is InChI=1S/C17H15ClN2O2/c1-22-20-11-12(15-7-2-3-8-16(15)20)9-17(21)19-14-6-4-5-13(18)10-14/h2-8,10-11H,9H2,1H3,(H,19,21). The van der Waals surface area contributed by atoms with E-state index in [1.807, 2.05) is 36.5 Å². The van der Waals surface area contributed by atoms with Gasteiger partial charge in [0.1, 0.15) is 7.11 Å². The van der Waals surface area contributed by atoms with Crippen LogP contribution in [0.5, 0.6) is 0 Å². The van der Waals surface area contributed by atoms with Gasteiger partial charge in [0.15, 0.2) is 0 Å². The van der Waals surface area contributed by atoms with Crippen molar-refractivity contribution >= 4 is 34.1 Å². The monoisotopic (exact) mass is 314 g/mol. The SMILES string of the molecule is COn1cc(CC(=O)Nc2cccc(Cl)c2)c2ccccc21. The van der Waals surface area contributed by atoms with E-state index in [-0.39, 0.29) is 12.3 Å². The van der Waals surface area contributed by atoms with Crippen LogP contribution in [0, 0.1) is 0 Å². The highest BCUT2D eigenvalue weighted by molar-refractivity contribution is 6.30. The summed E-state index contributed by atoms with van der Waals surface area (Å²) in [7, 11) is 1.60. The van der Waals surface area contributed by atoms with Gasteiger partial charge in [0.05, 0.1) is 11.9 Å². The Labute approximate surface area is 133 Å². The molecular weight excluding hydrogens is 300 g/mol. The van der Waals surface area contributed by atoms with Gasteiger partial charge in [-0.2, -0.15) is 4.73 Å². The van der Waals surface area contributed by atoms with Crippen LogP contribution in [-0.2, 0) is 11.2 Å². The molecule has 0 saturated carbocycles. The molecule has 0 atom stereocenters. The summed E-state index contributed by atoms with van der Waals surface area (Å²) in [6.07, 6.45) is 2.10. The molecule has 4 nitrogen and oxygen atoms in total. The molecule has 1 amide bonds. The Bertz CT molecular complexity index is 826. The van der Waals surface area contributed by atoms with Crippen LogP contribution in [0.15, 0.2) is 54.7 Å². The van der Waals surface area contributed by atoms with Gasteiger partial charge in [0, 0.05) is 22.3 Å². The molecule has 3 rings (SSSR count). The van der Waals surface area contributed by atoms with Gasteiger partial charge in [0.2, 0.25) is 5.91 Å². The van der Waals surface area contributed by atoms with Crippen molar-refractivity contribution in [3.63, 3.8) is 0 Å². The number of halogens is 1. The smallest absolute Gasteiger partial charge is 0.228 e. The minimum Gasteiger partial charge on any atom is -0.417 e. The molecule has 2 aromatic carbocycles. The maximum Gasteiger partial charge on any atom is 0.228 e. The van der Waals surface area contributed by atoms with Gasteiger partial charge in [-0.05, 0) is 29.8 Å². The predicted octanol–water partition coefficient (Wildman–Crippen LogP) is 3.53. The first-order valence-electron chi connectivity index (χ1n) is 6.86. The van der Waals surface area contributed by atoms with Crippen molar-refractivity contribution in [3.05, 3.63) is 65.3 Å². The molecule has 0 saturated heterocycles. The third kappa shape index (κ3) is 2.92. The number of rotatable bonds is 4. The number of fused-ring (bicyclic) bond motifs is 1. The molecule has 0 spiro atoms. The summed E-state index contributed by atoms with van der Waals surface area (Å²) in [6.45, 7) is 0.